The summed E-state index contributed by atoms with van der Waals surface area (Å²) in [6.45, 7) is 1.95. The van der Waals surface area contributed by atoms with E-state index in [4.69, 9.17) is 4.74 Å². The predicted octanol–water partition coefficient (Wildman–Crippen LogP) is 5.66. The van der Waals surface area contributed by atoms with Crippen LogP contribution >= 0.6 is 0 Å². The van der Waals surface area contributed by atoms with Crippen LogP contribution in [0.3, 0.4) is 0 Å². The minimum Gasteiger partial charge on any atom is -0.422 e. The number of benzene rings is 4. The summed E-state index contributed by atoms with van der Waals surface area (Å²) in [5, 5.41) is 3.13. The number of carbonyl (C=O) groups excluding carboxylic acids is 1. The van der Waals surface area contributed by atoms with Crippen LogP contribution in [0.2, 0.25) is 0 Å². The van der Waals surface area contributed by atoms with Crippen molar-refractivity contribution in [2.45, 2.75) is 6.92 Å². The highest BCUT2D eigenvalue weighted by Gasteiger charge is 2.15. The van der Waals surface area contributed by atoms with Gasteiger partial charge >= 0.3 is 5.97 Å². The van der Waals surface area contributed by atoms with Gasteiger partial charge in [0.25, 0.3) is 0 Å². The Balaban J connectivity index is 1.89. The maximum atomic E-state index is 13.8. The fourth-order valence-electron chi connectivity index (χ4n) is 2.94. The average Bonchev–Trinajstić information content (AvgIpc) is 2.62. The molecule has 4 aromatic carbocycles. The Bertz CT molecular complexity index is 1100. The third kappa shape index (κ3) is 2.85. The first-order chi connectivity index (χ1) is 12.1. The Morgan fingerprint density at radius 3 is 2.36 bits per heavy atom. The molecule has 0 atom stereocenters. The highest BCUT2D eigenvalue weighted by molar-refractivity contribution is 6.07. The van der Waals surface area contributed by atoms with Crippen molar-refractivity contribution in [1.82, 2.24) is 0 Å². The summed E-state index contributed by atoms with van der Waals surface area (Å²) in [6.07, 6.45) is 0. The highest BCUT2D eigenvalue weighted by Crippen LogP contribution is 2.35. The van der Waals surface area contributed by atoms with E-state index < -0.39 is 5.97 Å². The lowest BCUT2D eigenvalue weighted by molar-refractivity contribution is 0.0739. The third-order valence-electron chi connectivity index (χ3n) is 4.26. The van der Waals surface area contributed by atoms with Crippen LogP contribution in [0.5, 0.6) is 5.75 Å². The Hall–Kier alpha value is -3.20. The number of hydrogen-bond donors (Lipinski definition) is 0. The Labute approximate surface area is 144 Å². The molecule has 122 valence electrons. The summed E-state index contributed by atoms with van der Waals surface area (Å²) in [5.74, 6) is -0.435. The Morgan fingerprint density at radius 2 is 1.56 bits per heavy atom. The molecule has 0 radical (unpaired) electrons. The van der Waals surface area contributed by atoms with Gasteiger partial charge in [0.15, 0.2) is 0 Å². The van der Waals surface area contributed by atoms with Gasteiger partial charge in [-0.3, -0.25) is 0 Å². The molecule has 25 heavy (non-hydrogen) atoms. The molecule has 0 unspecified atom stereocenters. The second-order valence-corrected chi connectivity index (χ2v) is 6.05. The van der Waals surface area contributed by atoms with Crippen molar-refractivity contribution in [2.24, 2.45) is 0 Å². The van der Waals surface area contributed by atoms with Crippen LogP contribution in [0.1, 0.15) is 15.9 Å². The quantitative estimate of drug-likeness (QED) is 0.269. The highest BCUT2D eigenvalue weighted by atomic mass is 19.1. The van der Waals surface area contributed by atoms with Crippen LogP contribution in [0.25, 0.3) is 21.5 Å². The summed E-state index contributed by atoms with van der Waals surface area (Å²) < 4.78 is 19.5. The van der Waals surface area contributed by atoms with E-state index in [2.05, 4.69) is 0 Å². The van der Waals surface area contributed by atoms with Gasteiger partial charge < -0.3 is 4.74 Å². The van der Waals surface area contributed by atoms with Gasteiger partial charge in [0.1, 0.15) is 11.6 Å². The summed E-state index contributed by atoms with van der Waals surface area (Å²) >= 11 is 0. The Morgan fingerprint density at radius 1 is 0.840 bits per heavy atom. The molecule has 0 saturated carbocycles. The number of fused-ring (bicyclic) bond motifs is 2. The topological polar surface area (TPSA) is 26.3 Å². The average molecular weight is 330 g/mol. The van der Waals surface area contributed by atoms with Crippen molar-refractivity contribution in [1.29, 1.82) is 0 Å². The van der Waals surface area contributed by atoms with Gasteiger partial charge in [-0.15, -0.1) is 0 Å². The molecule has 0 heterocycles. The van der Waals surface area contributed by atoms with Crippen molar-refractivity contribution in [3.05, 3.63) is 89.7 Å². The maximum absolute atomic E-state index is 13.8. The molecule has 0 N–H and O–H groups in total. The number of halogens is 1. The van der Waals surface area contributed by atoms with E-state index in [0.29, 0.717) is 16.7 Å². The smallest absolute Gasteiger partial charge is 0.343 e. The van der Waals surface area contributed by atoms with Gasteiger partial charge in [-0.05, 0) is 48.0 Å². The lowest BCUT2D eigenvalue weighted by Gasteiger charge is -2.12. The van der Waals surface area contributed by atoms with Gasteiger partial charge in [-0.25, -0.2) is 9.18 Å². The predicted molar refractivity (Wildman–Crippen MR) is 97.5 cm³/mol. The largest absolute Gasteiger partial charge is 0.422 e. The number of rotatable bonds is 2. The monoisotopic (exact) mass is 330 g/mol. The summed E-state index contributed by atoms with van der Waals surface area (Å²) in [5.41, 5.74) is 1.53. The van der Waals surface area contributed by atoms with E-state index in [-0.39, 0.29) is 5.82 Å². The van der Waals surface area contributed by atoms with Crippen molar-refractivity contribution in [2.75, 3.05) is 0 Å². The first kappa shape index (κ1) is 15.3. The summed E-state index contributed by atoms with van der Waals surface area (Å²) in [4.78, 5) is 12.6. The first-order valence-corrected chi connectivity index (χ1v) is 8.02. The second kappa shape index (κ2) is 6.02. The molecule has 4 rings (SSSR count). The van der Waals surface area contributed by atoms with Crippen molar-refractivity contribution < 1.29 is 13.9 Å². The standard InChI is InChI=1S/C22H15FO2/c1-14-6-8-15(9-7-14)22(24)25-21-19-5-3-2-4-16(19)12-17-10-11-18(23)13-20(17)21/h2-13H,1H3. The number of aryl methyl sites for hydroxylation is 1. The van der Waals surface area contributed by atoms with Crippen LogP contribution in [0, 0.1) is 12.7 Å². The normalized spacial score (nSPS) is 11.0. The van der Waals surface area contributed by atoms with E-state index in [1.165, 1.54) is 12.1 Å². The van der Waals surface area contributed by atoms with Crippen LogP contribution in [-0.2, 0) is 0 Å². The molecular formula is C22H15FO2. The number of hydrogen-bond acceptors (Lipinski definition) is 2. The van der Waals surface area contributed by atoms with Gasteiger partial charge in [-0.1, -0.05) is 48.0 Å². The van der Waals surface area contributed by atoms with Crippen molar-refractivity contribution in [3.8, 4) is 5.75 Å². The van der Waals surface area contributed by atoms with E-state index in [1.807, 2.05) is 49.4 Å². The molecule has 0 aliphatic heterocycles. The maximum Gasteiger partial charge on any atom is 0.343 e. The minimum absolute atomic E-state index is 0.365. The van der Waals surface area contributed by atoms with Crippen LogP contribution in [0.15, 0.2) is 72.8 Å². The van der Waals surface area contributed by atoms with E-state index >= 15 is 0 Å². The minimum atomic E-state index is -0.457. The molecule has 0 bridgehead atoms. The third-order valence-corrected chi connectivity index (χ3v) is 4.26. The zero-order valence-electron chi connectivity index (χ0n) is 13.6. The number of ether oxygens (including phenoxy) is 1. The van der Waals surface area contributed by atoms with Crippen LogP contribution < -0.4 is 4.74 Å². The molecule has 2 nitrogen and oxygen atoms in total. The molecule has 0 saturated heterocycles. The molecular weight excluding hydrogens is 315 g/mol. The van der Waals surface area contributed by atoms with E-state index in [9.17, 15) is 9.18 Å². The van der Waals surface area contributed by atoms with Gasteiger partial charge in [0.05, 0.1) is 5.56 Å². The fourth-order valence-corrected chi connectivity index (χ4v) is 2.94. The zero-order chi connectivity index (χ0) is 17.4. The van der Waals surface area contributed by atoms with Gasteiger partial charge in [-0.2, -0.15) is 0 Å². The summed E-state index contributed by atoms with van der Waals surface area (Å²) in [6, 6.07) is 21.3. The molecule has 0 aromatic heterocycles. The van der Waals surface area contributed by atoms with Crippen LogP contribution in [0.4, 0.5) is 4.39 Å². The number of esters is 1. The zero-order valence-corrected chi connectivity index (χ0v) is 13.6. The van der Waals surface area contributed by atoms with E-state index in [1.54, 1.807) is 18.2 Å². The first-order valence-electron chi connectivity index (χ1n) is 8.02. The Kier molecular flexibility index (Phi) is 3.69. The summed E-state index contributed by atoms with van der Waals surface area (Å²) in [7, 11) is 0. The fraction of sp³-hybridized carbons (Fsp3) is 0.0455. The van der Waals surface area contributed by atoms with E-state index in [0.717, 1.165) is 21.7 Å². The molecule has 3 heteroatoms. The number of carbonyl (C=O) groups is 1. The lowest BCUT2D eigenvalue weighted by Crippen LogP contribution is -2.09. The van der Waals surface area contributed by atoms with Gasteiger partial charge in [0.2, 0.25) is 0 Å². The lowest BCUT2D eigenvalue weighted by atomic mass is 10.0. The molecule has 0 amide bonds. The molecule has 0 fully saturated rings. The second-order valence-electron chi connectivity index (χ2n) is 6.05. The van der Waals surface area contributed by atoms with Crippen molar-refractivity contribution >= 4 is 27.5 Å². The molecule has 0 spiro atoms. The van der Waals surface area contributed by atoms with Gasteiger partial charge in [0, 0.05) is 10.8 Å². The van der Waals surface area contributed by atoms with Crippen molar-refractivity contribution in [3.63, 3.8) is 0 Å². The SMILES string of the molecule is Cc1ccc(C(=O)Oc2c3ccccc3cc3ccc(F)cc23)cc1. The molecule has 0 aliphatic rings. The molecule has 4 aromatic rings. The molecule has 0 aliphatic carbocycles. The van der Waals surface area contributed by atoms with Crippen LogP contribution in [-0.4, -0.2) is 5.97 Å².